The normalized spacial score (nSPS) is 11.4. The minimum Gasteiger partial charge on any atom is -0.497 e. The number of amides is 2. The first kappa shape index (κ1) is 22.7. The maximum atomic E-state index is 13.1. The molecule has 9 heteroatoms. The number of benzene rings is 2. The van der Waals surface area contributed by atoms with Gasteiger partial charge in [-0.1, -0.05) is 18.2 Å². The van der Waals surface area contributed by atoms with Crippen LogP contribution in [-0.4, -0.2) is 49.6 Å². The third-order valence-corrected chi connectivity index (χ3v) is 4.75. The Bertz CT molecular complexity index is 1080. The molecule has 168 valence electrons. The summed E-state index contributed by atoms with van der Waals surface area (Å²) in [7, 11) is 1.58. The fourth-order valence-corrected chi connectivity index (χ4v) is 3.19. The van der Waals surface area contributed by atoms with Crippen LogP contribution in [0.4, 0.5) is 5.69 Å². The summed E-state index contributed by atoms with van der Waals surface area (Å²) in [4.78, 5) is 39.6. The number of H-pyrrole nitrogens is 1. The lowest BCUT2D eigenvalue weighted by Crippen LogP contribution is -2.42. The largest absolute Gasteiger partial charge is 0.497 e. The molecule has 0 radical (unpaired) electrons. The highest BCUT2D eigenvalue weighted by Gasteiger charge is 2.24. The van der Waals surface area contributed by atoms with Crippen LogP contribution in [0.2, 0.25) is 0 Å². The van der Waals surface area contributed by atoms with Crippen molar-refractivity contribution in [3.63, 3.8) is 0 Å². The van der Waals surface area contributed by atoms with Crippen LogP contribution in [0.15, 0.2) is 54.7 Å². The van der Waals surface area contributed by atoms with Gasteiger partial charge >= 0.3 is 5.97 Å². The average Bonchev–Trinajstić information content (AvgIpc) is 3.24. The molecule has 9 nitrogen and oxygen atoms in total. The standard InChI is InChI=1S/C23H26N4O5/c1-3-32-21(29)14-25-20(28)13-26-23(30)22(27-15-8-10-16(31-2)11-9-15)18-12-24-19-7-5-4-6-17(18)19/h4-12,22,24,27H,3,13-14H2,1-2H3,(H,25,28)(H,26,30)/t22-/m1/s1. The summed E-state index contributed by atoms with van der Waals surface area (Å²) in [5, 5.41) is 9.16. The summed E-state index contributed by atoms with van der Waals surface area (Å²) in [6.07, 6.45) is 1.77. The lowest BCUT2D eigenvalue weighted by molar-refractivity contribution is -0.143. The fourth-order valence-electron chi connectivity index (χ4n) is 3.19. The third kappa shape index (κ3) is 5.78. The van der Waals surface area contributed by atoms with E-state index in [1.54, 1.807) is 44.5 Å². The Labute approximate surface area is 185 Å². The number of aromatic amines is 1. The SMILES string of the molecule is CCOC(=O)CNC(=O)CNC(=O)[C@H](Nc1ccc(OC)cc1)c1c[nH]c2ccccc12. The van der Waals surface area contributed by atoms with Crippen molar-refractivity contribution in [1.29, 1.82) is 0 Å². The van der Waals surface area contributed by atoms with Gasteiger partial charge in [0.1, 0.15) is 18.3 Å². The Balaban J connectivity index is 1.73. The molecule has 4 N–H and O–H groups in total. The van der Waals surface area contributed by atoms with E-state index in [1.165, 1.54) is 0 Å². The number of aromatic nitrogens is 1. The van der Waals surface area contributed by atoms with E-state index in [2.05, 4.69) is 20.9 Å². The molecular weight excluding hydrogens is 412 g/mol. The van der Waals surface area contributed by atoms with Gasteiger partial charge in [0.2, 0.25) is 11.8 Å². The minimum atomic E-state index is -0.766. The molecule has 0 aliphatic rings. The van der Waals surface area contributed by atoms with Gasteiger partial charge in [-0.05, 0) is 37.3 Å². The van der Waals surface area contributed by atoms with Gasteiger partial charge in [0.05, 0.1) is 20.3 Å². The van der Waals surface area contributed by atoms with Crippen molar-refractivity contribution in [3.05, 3.63) is 60.3 Å². The zero-order valence-corrected chi connectivity index (χ0v) is 17.9. The molecule has 1 aromatic heterocycles. The van der Waals surface area contributed by atoms with Crippen molar-refractivity contribution in [2.75, 3.05) is 32.1 Å². The van der Waals surface area contributed by atoms with Crippen LogP contribution in [0.25, 0.3) is 10.9 Å². The third-order valence-electron chi connectivity index (χ3n) is 4.75. The van der Waals surface area contributed by atoms with Crippen molar-refractivity contribution < 1.29 is 23.9 Å². The molecular formula is C23H26N4O5. The van der Waals surface area contributed by atoms with E-state index < -0.39 is 23.8 Å². The first-order valence-corrected chi connectivity index (χ1v) is 10.2. The molecule has 0 aliphatic heterocycles. The van der Waals surface area contributed by atoms with Crippen LogP contribution in [0.5, 0.6) is 5.75 Å². The van der Waals surface area contributed by atoms with E-state index in [-0.39, 0.29) is 19.7 Å². The summed E-state index contributed by atoms with van der Waals surface area (Å²) in [6, 6.07) is 14.1. The van der Waals surface area contributed by atoms with E-state index in [0.717, 1.165) is 16.5 Å². The van der Waals surface area contributed by atoms with Crippen molar-refractivity contribution in [2.24, 2.45) is 0 Å². The van der Waals surface area contributed by atoms with E-state index in [4.69, 9.17) is 9.47 Å². The number of carbonyl (C=O) groups excluding carboxylic acids is 3. The topological polar surface area (TPSA) is 122 Å². The van der Waals surface area contributed by atoms with Gasteiger partial charge in [0.25, 0.3) is 0 Å². The van der Waals surface area contributed by atoms with Crippen LogP contribution >= 0.6 is 0 Å². The van der Waals surface area contributed by atoms with Crippen molar-refractivity contribution >= 4 is 34.4 Å². The molecule has 0 saturated carbocycles. The summed E-state index contributed by atoms with van der Waals surface area (Å²) in [6.45, 7) is 1.38. The molecule has 0 spiro atoms. The number of ether oxygens (including phenoxy) is 2. The summed E-state index contributed by atoms with van der Waals surface area (Å²) < 4.78 is 9.95. The predicted molar refractivity (Wildman–Crippen MR) is 120 cm³/mol. The number of hydrogen-bond donors (Lipinski definition) is 4. The van der Waals surface area contributed by atoms with Crippen LogP contribution in [0, 0.1) is 0 Å². The first-order valence-electron chi connectivity index (χ1n) is 10.2. The van der Waals surface area contributed by atoms with Gasteiger partial charge in [-0.2, -0.15) is 0 Å². The second-order valence-corrected chi connectivity index (χ2v) is 6.90. The van der Waals surface area contributed by atoms with E-state index >= 15 is 0 Å². The monoisotopic (exact) mass is 438 g/mol. The quantitative estimate of drug-likeness (QED) is 0.360. The number of carbonyl (C=O) groups is 3. The number of fused-ring (bicyclic) bond motifs is 1. The predicted octanol–water partition coefficient (Wildman–Crippen LogP) is 2.13. The molecule has 2 amide bonds. The van der Waals surface area contributed by atoms with Gasteiger partial charge in [0.15, 0.2) is 0 Å². The smallest absolute Gasteiger partial charge is 0.325 e. The fraction of sp³-hybridized carbons (Fsp3) is 0.261. The molecule has 0 fully saturated rings. The van der Waals surface area contributed by atoms with E-state index in [9.17, 15) is 14.4 Å². The molecule has 3 aromatic rings. The molecule has 2 aromatic carbocycles. The zero-order chi connectivity index (χ0) is 22.9. The molecule has 3 rings (SSSR count). The molecule has 0 saturated heterocycles. The van der Waals surface area contributed by atoms with Crippen molar-refractivity contribution in [2.45, 2.75) is 13.0 Å². The summed E-state index contributed by atoms with van der Waals surface area (Å²) in [5.74, 6) is -0.725. The Morgan fingerprint density at radius 1 is 1.00 bits per heavy atom. The number of esters is 1. The molecule has 0 bridgehead atoms. The number of nitrogens with one attached hydrogen (secondary N) is 4. The highest BCUT2D eigenvalue weighted by atomic mass is 16.5. The first-order chi connectivity index (χ1) is 15.5. The number of hydrogen-bond acceptors (Lipinski definition) is 6. The maximum Gasteiger partial charge on any atom is 0.325 e. The molecule has 32 heavy (non-hydrogen) atoms. The molecule has 0 unspecified atom stereocenters. The number of anilines is 1. The Morgan fingerprint density at radius 2 is 1.75 bits per heavy atom. The van der Waals surface area contributed by atoms with Crippen molar-refractivity contribution in [3.8, 4) is 5.75 Å². The molecule has 1 heterocycles. The second kappa shape index (κ2) is 10.9. The van der Waals surface area contributed by atoms with E-state index in [1.807, 2.05) is 24.3 Å². The van der Waals surface area contributed by atoms with Crippen LogP contribution in [-0.2, 0) is 19.1 Å². The maximum absolute atomic E-state index is 13.1. The Morgan fingerprint density at radius 3 is 2.47 bits per heavy atom. The summed E-state index contributed by atoms with van der Waals surface area (Å²) in [5.41, 5.74) is 2.34. The Hall–Kier alpha value is -4.01. The van der Waals surface area contributed by atoms with Crippen LogP contribution < -0.4 is 20.7 Å². The highest BCUT2D eigenvalue weighted by molar-refractivity contribution is 5.95. The highest BCUT2D eigenvalue weighted by Crippen LogP contribution is 2.28. The Kier molecular flexibility index (Phi) is 7.69. The van der Waals surface area contributed by atoms with Gasteiger partial charge in [-0.3, -0.25) is 14.4 Å². The lowest BCUT2D eigenvalue weighted by Gasteiger charge is -2.19. The summed E-state index contributed by atoms with van der Waals surface area (Å²) >= 11 is 0. The van der Waals surface area contributed by atoms with Gasteiger partial charge in [0, 0.05) is 28.4 Å². The van der Waals surface area contributed by atoms with Crippen molar-refractivity contribution in [1.82, 2.24) is 15.6 Å². The number of rotatable bonds is 10. The molecule has 0 aliphatic carbocycles. The van der Waals surface area contributed by atoms with Crippen LogP contribution in [0.1, 0.15) is 18.5 Å². The van der Waals surface area contributed by atoms with Crippen LogP contribution in [0.3, 0.4) is 0 Å². The average molecular weight is 438 g/mol. The van der Waals surface area contributed by atoms with Gasteiger partial charge in [-0.25, -0.2) is 0 Å². The van der Waals surface area contributed by atoms with E-state index in [0.29, 0.717) is 11.4 Å². The number of methoxy groups -OCH3 is 1. The second-order valence-electron chi connectivity index (χ2n) is 6.90. The lowest BCUT2D eigenvalue weighted by atomic mass is 10.0. The minimum absolute atomic E-state index is 0.231. The zero-order valence-electron chi connectivity index (χ0n) is 17.9. The molecule has 1 atom stereocenters. The van der Waals surface area contributed by atoms with Gasteiger partial charge < -0.3 is 30.4 Å². The number of para-hydroxylation sites is 1. The van der Waals surface area contributed by atoms with Gasteiger partial charge in [-0.15, -0.1) is 0 Å².